The lowest BCUT2D eigenvalue weighted by atomic mass is 10.1. The highest BCUT2D eigenvalue weighted by Gasteiger charge is 2.09. The zero-order valence-corrected chi connectivity index (χ0v) is 15.9. The molecule has 1 aliphatic heterocycles. The van der Waals surface area contributed by atoms with Gasteiger partial charge in [0, 0.05) is 24.7 Å². The zero-order valence-electron chi connectivity index (χ0n) is 14.3. The molecule has 1 saturated heterocycles. The number of thioether (sulfide) groups is 2. The fourth-order valence-electron chi connectivity index (χ4n) is 2.44. The first-order chi connectivity index (χ1) is 11.4. The van der Waals surface area contributed by atoms with E-state index in [0.717, 1.165) is 18.9 Å². The molecule has 1 fully saturated rings. The molecule has 128 valence electrons. The van der Waals surface area contributed by atoms with Gasteiger partial charge < -0.3 is 4.74 Å². The van der Waals surface area contributed by atoms with Gasteiger partial charge in [-0.3, -0.25) is 0 Å². The van der Waals surface area contributed by atoms with E-state index in [1.807, 2.05) is 23.5 Å². The van der Waals surface area contributed by atoms with Crippen LogP contribution in [0.15, 0.2) is 29.3 Å². The summed E-state index contributed by atoms with van der Waals surface area (Å²) in [5.74, 6) is 2.40. The summed E-state index contributed by atoms with van der Waals surface area (Å²) >= 11 is 3.74. The number of hydrogen-bond donors (Lipinski definition) is 0. The van der Waals surface area contributed by atoms with E-state index in [0.29, 0.717) is 0 Å². The second-order valence-corrected chi connectivity index (χ2v) is 8.30. The number of ether oxygens (including phenoxy) is 1. The van der Waals surface area contributed by atoms with Crippen molar-refractivity contribution in [3.8, 4) is 0 Å². The topological polar surface area (TPSA) is 21.6 Å². The van der Waals surface area contributed by atoms with Crippen LogP contribution in [0.4, 0.5) is 5.69 Å². The Labute approximate surface area is 149 Å². The maximum Gasteiger partial charge on any atom is 0.130 e. The number of aryl methyl sites for hydroxylation is 1. The Morgan fingerprint density at radius 1 is 0.913 bits per heavy atom. The van der Waals surface area contributed by atoms with Crippen molar-refractivity contribution in [2.24, 2.45) is 4.99 Å². The van der Waals surface area contributed by atoms with E-state index in [9.17, 15) is 0 Å². The van der Waals surface area contributed by atoms with Crippen molar-refractivity contribution in [1.29, 1.82) is 0 Å². The second kappa shape index (κ2) is 12.0. The van der Waals surface area contributed by atoms with Crippen LogP contribution in [-0.4, -0.2) is 29.1 Å². The van der Waals surface area contributed by atoms with Gasteiger partial charge in [0.25, 0.3) is 0 Å². The number of aliphatic imine (C=N–C) groups is 1. The van der Waals surface area contributed by atoms with Crippen LogP contribution in [0.1, 0.15) is 51.0 Å². The lowest BCUT2D eigenvalue weighted by Crippen LogP contribution is -1.96. The van der Waals surface area contributed by atoms with E-state index < -0.39 is 0 Å². The molecule has 1 aliphatic rings. The number of benzene rings is 1. The molecule has 0 N–H and O–H groups in total. The molecular weight excluding hydrogens is 322 g/mol. The summed E-state index contributed by atoms with van der Waals surface area (Å²) in [6.45, 7) is 4.07. The molecule has 1 heterocycles. The fraction of sp³-hybridized carbons (Fsp3) is 0.632. The quantitative estimate of drug-likeness (QED) is 0.451. The van der Waals surface area contributed by atoms with Gasteiger partial charge in [-0.25, -0.2) is 4.99 Å². The lowest BCUT2D eigenvalue weighted by molar-refractivity contribution is 0.127. The minimum Gasteiger partial charge on any atom is -0.381 e. The first kappa shape index (κ1) is 18.9. The Kier molecular flexibility index (Phi) is 9.84. The fourth-order valence-corrected chi connectivity index (χ4v) is 4.63. The van der Waals surface area contributed by atoms with Crippen LogP contribution in [0.3, 0.4) is 0 Å². The van der Waals surface area contributed by atoms with Crippen molar-refractivity contribution >= 4 is 33.6 Å². The van der Waals surface area contributed by atoms with Crippen LogP contribution in [0.5, 0.6) is 0 Å². The standard InChI is InChI=1S/C19H29NOS2/c1-2-3-13-21-14-7-5-4-6-8-17-9-11-18(12-10-17)20-19-22-15-16-23-19/h9-12H,2-8,13-16H2,1H3. The van der Waals surface area contributed by atoms with Gasteiger partial charge in [0.05, 0.1) is 5.69 Å². The van der Waals surface area contributed by atoms with Crippen molar-refractivity contribution in [3.63, 3.8) is 0 Å². The van der Waals surface area contributed by atoms with Crippen molar-refractivity contribution in [3.05, 3.63) is 29.8 Å². The van der Waals surface area contributed by atoms with Gasteiger partial charge in [-0.15, -0.1) is 0 Å². The largest absolute Gasteiger partial charge is 0.381 e. The summed E-state index contributed by atoms with van der Waals surface area (Å²) in [5, 5.41) is 0. The third-order valence-corrected chi connectivity index (χ3v) is 6.30. The van der Waals surface area contributed by atoms with Crippen molar-refractivity contribution < 1.29 is 4.74 Å². The first-order valence-electron chi connectivity index (χ1n) is 8.89. The van der Waals surface area contributed by atoms with Gasteiger partial charge in [-0.05, 0) is 43.4 Å². The summed E-state index contributed by atoms with van der Waals surface area (Å²) in [5.41, 5.74) is 2.52. The minimum absolute atomic E-state index is 0.935. The highest BCUT2D eigenvalue weighted by atomic mass is 32.2. The summed E-state index contributed by atoms with van der Waals surface area (Å²) in [7, 11) is 0. The molecule has 2 rings (SSSR count). The average molecular weight is 352 g/mol. The van der Waals surface area contributed by atoms with Crippen LogP contribution < -0.4 is 0 Å². The molecule has 1 aromatic rings. The number of rotatable bonds is 11. The highest BCUT2D eigenvalue weighted by Crippen LogP contribution is 2.29. The Bertz CT molecular complexity index is 451. The highest BCUT2D eigenvalue weighted by molar-refractivity contribution is 8.41. The molecule has 0 amide bonds. The van der Waals surface area contributed by atoms with E-state index >= 15 is 0 Å². The molecule has 0 aromatic heterocycles. The molecule has 2 nitrogen and oxygen atoms in total. The van der Waals surface area contributed by atoms with Crippen LogP contribution in [-0.2, 0) is 11.2 Å². The normalized spacial score (nSPS) is 14.4. The second-order valence-electron chi connectivity index (χ2n) is 5.87. The van der Waals surface area contributed by atoms with Gasteiger partial charge in [0.2, 0.25) is 0 Å². The van der Waals surface area contributed by atoms with E-state index in [1.165, 1.54) is 66.4 Å². The Morgan fingerprint density at radius 3 is 2.35 bits per heavy atom. The van der Waals surface area contributed by atoms with Crippen LogP contribution in [0, 0.1) is 0 Å². The van der Waals surface area contributed by atoms with Crippen LogP contribution in [0.25, 0.3) is 0 Å². The minimum atomic E-state index is 0.935. The van der Waals surface area contributed by atoms with Gasteiger partial charge in [-0.2, -0.15) is 0 Å². The van der Waals surface area contributed by atoms with Crippen molar-refractivity contribution in [2.45, 2.75) is 51.9 Å². The molecule has 0 atom stereocenters. The molecule has 4 heteroatoms. The van der Waals surface area contributed by atoms with Gasteiger partial charge in [0.15, 0.2) is 0 Å². The van der Waals surface area contributed by atoms with E-state index in [1.54, 1.807) is 0 Å². The molecule has 0 bridgehead atoms. The molecule has 0 spiro atoms. The maximum atomic E-state index is 5.59. The van der Waals surface area contributed by atoms with Crippen LogP contribution in [0.2, 0.25) is 0 Å². The van der Waals surface area contributed by atoms with Gasteiger partial charge in [0.1, 0.15) is 4.38 Å². The molecule has 1 aromatic carbocycles. The summed E-state index contributed by atoms with van der Waals surface area (Å²) in [6, 6.07) is 8.78. The van der Waals surface area contributed by atoms with E-state index in [2.05, 4.69) is 36.2 Å². The predicted molar refractivity (Wildman–Crippen MR) is 106 cm³/mol. The molecule has 0 unspecified atom stereocenters. The first-order valence-corrected chi connectivity index (χ1v) is 10.9. The van der Waals surface area contributed by atoms with Crippen LogP contribution >= 0.6 is 23.5 Å². The van der Waals surface area contributed by atoms with Crippen molar-refractivity contribution in [2.75, 3.05) is 24.7 Å². The lowest BCUT2D eigenvalue weighted by Gasteiger charge is -2.04. The Balaban J connectivity index is 1.55. The van der Waals surface area contributed by atoms with E-state index in [4.69, 9.17) is 4.74 Å². The van der Waals surface area contributed by atoms with Crippen molar-refractivity contribution in [1.82, 2.24) is 0 Å². The zero-order chi connectivity index (χ0) is 16.2. The molecular formula is C19H29NOS2. The molecule has 0 aliphatic carbocycles. The SMILES string of the molecule is CCCCOCCCCCCc1ccc(N=C2SCCS2)cc1. The smallest absolute Gasteiger partial charge is 0.130 e. The molecule has 0 radical (unpaired) electrons. The number of hydrogen-bond acceptors (Lipinski definition) is 4. The summed E-state index contributed by atoms with van der Waals surface area (Å²) < 4.78 is 6.81. The molecule has 23 heavy (non-hydrogen) atoms. The summed E-state index contributed by atoms with van der Waals surface area (Å²) in [6.07, 6.45) is 8.66. The van der Waals surface area contributed by atoms with Gasteiger partial charge >= 0.3 is 0 Å². The number of unbranched alkanes of at least 4 members (excludes halogenated alkanes) is 4. The Hall–Kier alpha value is -0.450. The monoisotopic (exact) mass is 351 g/mol. The number of nitrogens with zero attached hydrogens (tertiary/aromatic N) is 1. The maximum absolute atomic E-state index is 5.59. The van der Waals surface area contributed by atoms with E-state index in [-0.39, 0.29) is 0 Å². The summed E-state index contributed by atoms with van der Waals surface area (Å²) in [4.78, 5) is 4.68. The van der Waals surface area contributed by atoms with Gasteiger partial charge in [-0.1, -0.05) is 61.8 Å². The molecule has 0 saturated carbocycles. The third-order valence-electron chi connectivity index (χ3n) is 3.84. The third kappa shape index (κ3) is 8.27. The predicted octanol–water partition coefficient (Wildman–Crippen LogP) is 6.07. The average Bonchev–Trinajstić information content (AvgIpc) is 3.08. The Morgan fingerprint density at radius 2 is 1.61 bits per heavy atom.